The Hall–Kier alpha value is -1.32. The van der Waals surface area contributed by atoms with E-state index in [0.717, 1.165) is 11.7 Å². The molecule has 4 nitrogen and oxygen atoms in total. The number of rotatable bonds is 4. The van der Waals surface area contributed by atoms with Crippen molar-refractivity contribution in [2.75, 3.05) is 5.32 Å². The Morgan fingerprint density at radius 2 is 2.17 bits per heavy atom. The Morgan fingerprint density at radius 3 is 2.89 bits per heavy atom. The van der Waals surface area contributed by atoms with E-state index in [1.54, 1.807) is 6.33 Å². The van der Waals surface area contributed by atoms with Crippen LogP contribution < -0.4 is 10.1 Å². The molecule has 2 atom stereocenters. The quantitative estimate of drug-likeness (QED) is 0.889. The van der Waals surface area contributed by atoms with Gasteiger partial charge in [0.2, 0.25) is 5.88 Å². The van der Waals surface area contributed by atoms with Gasteiger partial charge >= 0.3 is 0 Å². The van der Waals surface area contributed by atoms with Gasteiger partial charge < -0.3 is 10.1 Å². The van der Waals surface area contributed by atoms with Gasteiger partial charge in [0.05, 0.1) is 6.10 Å². The van der Waals surface area contributed by atoms with E-state index < -0.39 is 0 Å². The van der Waals surface area contributed by atoms with Gasteiger partial charge in [-0.1, -0.05) is 19.8 Å². The molecule has 18 heavy (non-hydrogen) atoms. The molecule has 1 aromatic rings. The topological polar surface area (TPSA) is 47.0 Å². The first-order valence-electron chi connectivity index (χ1n) is 6.88. The summed E-state index contributed by atoms with van der Waals surface area (Å²) in [7, 11) is 0. The number of nitrogens with one attached hydrogen (secondary N) is 1. The van der Waals surface area contributed by atoms with Gasteiger partial charge in [0, 0.05) is 12.1 Å². The van der Waals surface area contributed by atoms with Gasteiger partial charge in [-0.05, 0) is 32.6 Å². The molecule has 0 aromatic carbocycles. The summed E-state index contributed by atoms with van der Waals surface area (Å²) in [5, 5.41) is 3.49. The summed E-state index contributed by atoms with van der Waals surface area (Å²) in [5.41, 5.74) is 0. The zero-order valence-electron chi connectivity index (χ0n) is 11.5. The van der Waals surface area contributed by atoms with Crippen LogP contribution in [-0.4, -0.2) is 22.1 Å². The second-order valence-electron chi connectivity index (χ2n) is 5.52. The van der Waals surface area contributed by atoms with Crippen LogP contribution in [0.4, 0.5) is 5.82 Å². The van der Waals surface area contributed by atoms with Crippen LogP contribution in [-0.2, 0) is 0 Å². The largest absolute Gasteiger partial charge is 0.475 e. The standard InChI is InChI=1S/C14H23N3O/c1-10(2)18-14-8-13(15-9-16-14)17-12-6-4-5-11(3)7-12/h8-12H,4-7H2,1-3H3,(H,15,16,17). The van der Waals surface area contributed by atoms with Crippen LogP contribution in [0.3, 0.4) is 0 Å². The Balaban J connectivity index is 1.96. The number of aromatic nitrogens is 2. The summed E-state index contributed by atoms with van der Waals surface area (Å²) in [6.07, 6.45) is 6.82. The molecule has 0 radical (unpaired) electrons. The number of ether oxygens (including phenoxy) is 1. The summed E-state index contributed by atoms with van der Waals surface area (Å²) in [6, 6.07) is 2.43. The van der Waals surface area contributed by atoms with Crippen molar-refractivity contribution in [1.82, 2.24) is 9.97 Å². The normalized spacial score (nSPS) is 24.0. The highest BCUT2D eigenvalue weighted by atomic mass is 16.5. The van der Waals surface area contributed by atoms with Crippen LogP contribution in [0.5, 0.6) is 5.88 Å². The van der Waals surface area contributed by atoms with Crippen molar-refractivity contribution in [1.29, 1.82) is 0 Å². The van der Waals surface area contributed by atoms with Crippen LogP contribution in [0.15, 0.2) is 12.4 Å². The fourth-order valence-electron chi connectivity index (χ4n) is 2.50. The lowest BCUT2D eigenvalue weighted by molar-refractivity contribution is 0.232. The lowest BCUT2D eigenvalue weighted by atomic mass is 9.87. The van der Waals surface area contributed by atoms with Crippen molar-refractivity contribution >= 4 is 5.82 Å². The van der Waals surface area contributed by atoms with Crippen molar-refractivity contribution < 1.29 is 4.74 Å². The lowest BCUT2D eigenvalue weighted by Gasteiger charge is -2.27. The van der Waals surface area contributed by atoms with Gasteiger partial charge in [-0.15, -0.1) is 0 Å². The van der Waals surface area contributed by atoms with Gasteiger partial charge in [0.15, 0.2) is 0 Å². The predicted molar refractivity (Wildman–Crippen MR) is 72.8 cm³/mol. The van der Waals surface area contributed by atoms with Crippen molar-refractivity contribution in [3.8, 4) is 5.88 Å². The molecule has 1 aliphatic carbocycles. The van der Waals surface area contributed by atoms with E-state index in [-0.39, 0.29) is 6.10 Å². The third kappa shape index (κ3) is 3.86. The second-order valence-corrected chi connectivity index (χ2v) is 5.52. The molecule has 2 unspecified atom stereocenters. The van der Waals surface area contributed by atoms with Crippen LogP contribution in [0, 0.1) is 5.92 Å². The maximum Gasteiger partial charge on any atom is 0.218 e. The third-order valence-electron chi connectivity index (χ3n) is 3.29. The average Bonchev–Trinajstić information content (AvgIpc) is 2.28. The van der Waals surface area contributed by atoms with Crippen molar-refractivity contribution in [3.05, 3.63) is 12.4 Å². The number of hydrogen-bond donors (Lipinski definition) is 1. The molecule has 1 aliphatic rings. The molecule has 0 amide bonds. The molecule has 0 bridgehead atoms. The van der Waals surface area contributed by atoms with E-state index in [4.69, 9.17) is 4.74 Å². The molecular formula is C14H23N3O. The minimum Gasteiger partial charge on any atom is -0.475 e. The third-order valence-corrected chi connectivity index (χ3v) is 3.29. The fraction of sp³-hybridized carbons (Fsp3) is 0.714. The SMILES string of the molecule is CC1CCCC(Nc2cc(OC(C)C)ncn2)C1. The maximum atomic E-state index is 5.57. The van der Waals surface area contributed by atoms with E-state index in [2.05, 4.69) is 22.2 Å². The fourth-order valence-corrected chi connectivity index (χ4v) is 2.50. The van der Waals surface area contributed by atoms with Crippen LogP contribution >= 0.6 is 0 Å². The average molecular weight is 249 g/mol. The van der Waals surface area contributed by atoms with E-state index >= 15 is 0 Å². The summed E-state index contributed by atoms with van der Waals surface area (Å²) in [4.78, 5) is 8.38. The summed E-state index contributed by atoms with van der Waals surface area (Å²) >= 11 is 0. The zero-order chi connectivity index (χ0) is 13.0. The molecule has 1 heterocycles. The molecule has 4 heteroatoms. The van der Waals surface area contributed by atoms with E-state index in [1.165, 1.54) is 25.7 Å². The highest BCUT2D eigenvalue weighted by Gasteiger charge is 2.19. The van der Waals surface area contributed by atoms with Gasteiger partial charge in [0.25, 0.3) is 0 Å². The van der Waals surface area contributed by atoms with E-state index in [1.807, 2.05) is 19.9 Å². The molecule has 1 aromatic heterocycles. The summed E-state index contributed by atoms with van der Waals surface area (Å²) < 4.78 is 5.57. The maximum absolute atomic E-state index is 5.57. The van der Waals surface area contributed by atoms with E-state index in [9.17, 15) is 0 Å². The van der Waals surface area contributed by atoms with Crippen molar-refractivity contribution in [3.63, 3.8) is 0 Å². The Labute approximate surface area is 109 Å². The number of anilines is 1. The minimum atomic E-state index is 0.141. The molecule has 1 fully saturated rings. The number of hydrogen-bond acceptors (Lipinski definition) is 4. The Morgan fingerprint density at radius 1 is 1.33 bits per heavy atom. The van der Waals surface area contributed by atoms with Gasteiger partial charge in [-0.25, -0.2) is 9.97 Å². The first-order chi connectivity index (χ1) is 8.63. The first kappa shape index (κ1) is 13.1. The smallest absolute Gasteiger partial charge is 0.218 e. The Bertz CT molecular complexity index is 381. The molecule has 0 saturated heterocycles. The minimum absolute atomic E-state index is 0.141. The highest BCUT2D eigenvalue weighted by molar-refractivity contribution is 5.38. The predicted octanol–water partition coefficient (Wildman–Crippen LogP) is 3.25. The molecule has 0 spiro atoms. The molecule has 100 valence electrons. The zero-order valence-corrected chi connectivity index (χ0v) is 11.5. The molecule has 1 saturated carbocycles. The van der Waals surface area contributed by atoms with Gasteiger partial charge in [0.1, 0.15) is 12.1 Å². The number of nitrogens with zero attached hydrogens (tertiary/aromatic N) is 2. The van der Waals surface area contributed by atoms with Crippen LogP contribution in [0.2, 0.25) is 0 Å². The highest BCUT2D eigenvalue weighted by Crippen LogP contribution is 2.26. The molecular weight excluding hydrogens is 226 g/mol. The van der Waals surface area contributed by atoms with Crippen LogP contribution in [0.25, 0.3) is 0 Å². The lowest BCUT2D eigenvalue weighted by Crippen LogP contribution is -2.26. The van der Waals surface area contributed by atoms with Gasteiger partial charge in [-0.2, -0.15) is 0 Å². The molecule has 1 N–H and O–H groups in total. The first-order valence-corrected chi connectivity index (χ1v) is 6.88. The van der Waals surface area contributed by atoms with Gasteiger partial charge in [-0.3, -0.25) is 0 Å². The molecule has 0 aliphatic heterocycles. The van der Waals surface area contributed by atoms with E-state index in [0.29, 0.717) is 11.9 Å². The monoisotopic (exact) mass is 249 g/mol. The van der Waals surface area contributed by atoms with Crippen molar-refractivity contribution in [2.45, 2.75) is 58.6 Å². The van der Waals surface area contributed by atoms with Crippen LogP contribution in [0.1, 0.15) is 46.5 Å². The second kappa shape index (κ2) is 6.03. The summed E-state index contributed by atoms with van der Waals surface area (Å²) in [6.45, 7) is 6.32. The van der Waals surface area contributed by atoms with Crippen molar-refractivity contribution in [2.24, 2.45) is 5.92 Å². The molecule has 2 rings (SSSR count). The Kier molecular flexibility index (Phi) is 4.39. The summed E-state index contributed by atoms with van der Waals surface area (Å²) in [5.74, 6) is 2.33.